The van der Waals surface area contributed by atoms with Crippen molar-refractivity contribution in [2.24, 2.45) is 0 Å². The summed E-state index contributed by atoms with van der Waals surface area (Å²) in [5, 5.41) is 7.61. The highest BCUT2D eigenvalue weighted by atomic mass is 79.9. The lowest BCUT2D eigenvalue weighted by atomic mass is 9.89. The van der Waals surface area contributed by atoms with E-state index in [9.17, 15) is 4.39 Å². The molecular formula is C15H19BrFN3S. The number of aromatic nitrogens is 2. The van der Waals surface area contributed by atoms with Gasteiger partial charge in [0.05, 0.1) is 15.0 Å². The maximum atomic E-state index is 13.3. The fraction of sp³-hybridized carbons (Fsp3) is 0.467. The minimum atomic E-state index is -0.241. The largest absolute Gasteiger partial charge is 0.312 e. The number of nitrogens with one attached hydrogen (secondary N) is 1. The summed E-state index contributed by atoms with van der Waals surface area (Å²) in [7, 11) is 1.93. The van der Waals surface area contributed by atoms with Crippen LogP contribution < -0.4 is 5.32 Å². The minimum absolute atomic E-state index is 0.0409. The molecule has 0 aliphatic heterocycles. The Morgan fingerprint density at radius 1 is 1.38 bits per heavy atom. The first-order valence-corrected chi connectivity index (χ1v) is 8.33. The van der Waals surface area contributed by atoms with Gasteiger partial charge in [0.2, 0.25) is 0 Å². The Morgan fingerprint density at radius 3 is 2.67 bits per heavy atom. The molecule has 1 aromatic carbocycles. The third kappa shape index (κ3) is 3.87. The van der Waals surface area contributed by atoms with E-state index in [1.54, 1.807) is 0 Å². The quantitative estimate of drug-likeness (QED) is 0.873. The van der Waals surface area contributed by atoms with Gasteiger partial charge in [0, 0.05) is 11.5 Å². The van der Waals surface area contributed by atoms with E-state index in [1.807, 2.05) is 19.2 Å². The van der Waals surface area contributed by atoms with Crippen LogP contribution in [0.25, 0.3) is 0 Å². The smallest absolute Gasteiger partial charge is 0.137 e. The SMILES string of the molecule is CNC(Cc1ccc(F)c(Br)c1)c1snnc1C(C)(C)C. The van der Waals surface area contributed by atoms with Crippen LogP contribution in [0.15, 0.2) is 22.7 Å². The fourth-order valence-electron chi connectivity index (χ4n) is 2.17. The van der Waals surface area contributed by atoms with Gasteiger partial charge in [-0.15, -0.1) is 5.10 Å². The third-order valence-corrected chi connectivity index (χ3v) is 4.76. The molecule has 0 radical (unpaired) electrons. The highest BCUT2D eigenvalue weighted by molar-refractivity contribution is 9.10. The first-order valence-electron chi connectivity index (χ1n) is 6.77. The lowest BCUT2D eigenvalue weighted by Gasteiger charge is -2.21. The average molecular weight is 372 g/mol. The van der Waals surface area contributed by atoms with Crippen LogP contribution >= 0.6 is 27.5 Å². The molecule has 0 saturated heterocycles. The van der Waals surface area contributed by atoms with Crippen molar-refractivity contribution in [1.29, 1.82) is 0 Å². The highest BCUT2D eigenvalue weighted by Crippen LogP contribution is 2.32. The van der Waals surface area contributed by atoms with Crippen molar-refractivity contribution in [2.45, 2.75) is 38.6 Å². The van der Waals surface area contributed by atoms with Crippen LogP contribution in [0.4, 0.5) is 4.39 Å². The normalized spacial score (nSPS) is 13.4. The molecule has 2 rings (SSSR count). The monoisotopic (exact) mass is 371 g/mol. The van der Waals surface area contributed by atoms with Crippen molar-refractivity contribution in [2.75, 3.05) is 7.05 Å². The number of halogens is 2. The summed E-state index contributed by atoms with van der Waals surface area (Å²) in [6, 6.07) is 5.25. The van der Waals surface area contributed by atoms with Crippen molar-refractivity contribution in [3.8, 4) is 0 Å². The Bertz CT molecular complexity index is 622. The first kappa shape index (κ1) is 16.5. The molecule has 3 nitrogen and oxygen atoms in total. The Morgan fingerprint density at radius 2 is 2.10 bits per heavy atom. The van der Waals surface area contributed by atoms with Gasteiger partial charge in [-0.3, -0.25) is 0 Å². The zero-order valence-corrected chi connectivity index (χ0v) is 15.0. The van der Waals surface area contributed by atoms with E-state index in [2.05, 4.69) is 51.6 Å². The molecule has 6 heteroatoms. The van der Waals surface area contributed by atoms with E-state index in [1.165, 1.54) is 17.6 Å². The topological polar surface area (TPSA) is 37.8 Å². The summed E-state index contributed by atoms with van der Waals surface area (Å²) >= 11 is 4.66. The molecule has 1 aromatic heterocycles. The Labute approximate surface area is 137 Å². The van der Waals surface area contributed by atoms with Crippen LogP contribution in [0.3, 0.4) is 0 Å². The molecule has 21 heavy (non-hydrogen) atoms. The van der Waals surface area contributed by atoms with Crippen LogP contribution in [-0.2, 0) is 11.8 Å². The van der Waals surface area contributed by atoms with Gasteiger partial charge in [-0.25, -0.2) is 4.39 Å². The number of rotatable bonds is 4. The zero-order valence-electron chi connectivity index (χ0n) is 12.6. The second kappa shape index (κ2) is 6.50. The number of nitrogens with zero attached hydrogens (tertiary/aromatic N) is 2. The first-order chi connectivity index (χ1) is 9.82. The Hall–Kier alpha value is -0.850. The van der Waals surface area contributed by atoms with Crippen LogP contribution in [0.2, 0.25) is 0 Å². The molecule has 1 atom stereocenters. The van der Waals surface area contributed by atoms with Crippen molar-refractivity contribution in [1.82, 2.24) is 14.9 Å². The molecule has 114 valence electrons. The van der Waals surface area contributed by atoms with Gasteiger partial charge >= 0.3 is 0 Å². The molecule has 1 unspecified atom stereocenters. The van der Waals surface area contributed by atoms with E-state index >= 15 is 0 Å². The van der Waals surface area contributed by atoms with Crippen LogP contribution in [0.5, 0.6) is 0 Å². The summed E-state index contributed by atoms with van der Waals surface area (Å²) in [5.74, 6) is -0.241. The second-order valence-corrected chi connectivity index (χ2v) is 7.67. The molecule has 0 aliphatic carbocycles. The fourth-order valence-corrected chi connectivity index (χ4v) is 3.57. The number of hydrogen-bond acceptors (Lipinski definition) is 4. The van der Waals surface area contributed by atoms with Crippen LogP contribution in [0, 0.1) is 5.82 Å². The van der Waals surface area contributed by atoms with Crippen molar-refractivity contribution in [3.63, 3.8) is 0 Å². The average Bonchev–Trinajstić information content (AvgIpc) is 2.89. The van der Waals surface area contributed by atoms with Gasteiger partial charge in [-0.1, -0.05) is 31.3 Å². The van der Waals surface area contributed by atoms with E-state index < -0.39 is 0 Å². The molecule has 0 fully saturated rings. The van der Waals surface area contributed by atoms with Crippen LogP contribution in [0.1, 0.15) is 42.9 Å². The maximum Gasteiger partial charge on any atom is 0.137 e. The standard InChI is InChI=1S/C15H19BrFN3S/c1-15(2,3)14-13(21-20-19-14)12(18-4)8-9-5-6-11(17)10(16)7-9/h5-7,12,18H,8H2,1-4H3. The molecule has 1 heterocycles. The predicted molar refractivity (Wildman–Crippen MR) is 88.2 cm³/mol. The maximum absolute atomic E-state index is 13.3. The summed E-state index contributed by atoms with van der Waals surface area (Å²) in [4.78, 5) is 1.14. The summed E-state index contributed by atoms with van der Waals surface area (Å²) in [5.41, 5.74) is 2.05. The number of hydrogen-bond donors (Lipinski definition) is 1. The Kier molecular flexibility index (Phi) is 5.11. The molecule has 0 saturated carbocycles. The highest BCUT2D eigenvalue weighted by Gasteiger charge is 2.26. The summed E-state index contributed by atoms with van der Waals surface area (Å²) in [6.07, 6.45) is 0.766. The van der Waals surface area contributed by atoms with Crippen LogP contribution in [-0.4, -0.2) is 16.6 Å². The van der Waals surface area contributed by atoms with Gasteiger partial charge in [0.15, 0.2) is 0 Å². The zero-order chi connectivity index (χ0) is 15.6. The number of likely N-dealkylation sites (N-methyl/N-ethyl adjacent to an activating group) is 1. The van der Waals surface area contributed by atoms with Crippen molar-refractivity contribution >= 4 is 27.5 Å². The molecule has 2 aromatic rings. The summed E-state index contributed by atoms with van der Waals surface area (Å²) < 4.78 is 17.9. The molecule has 0 aliphatic rings. The lowest BCUT2D eigenvalue weighted by molar-refractivity contribution is 0.530. The third-order valence-electron chi connectivity index (χ3n) is 3.31. The molecule has 1 N–H and O–H groups in total. The molecule has 0 spiro atoms. The van der Waals surface area contributed by atoms with Gasteiger partial charge < -0.3 is 5.32 Å². The number of benzene rings is 1. The van der Waals surface area contributed by atoms with E-state index in [-0.39, 0.29) is 17.3 Å². The summed E-state index contributed by atoms with van der Waals surface area (Å²) in [6.45, 7) is 6.40. The van der Waals surface area contributed by atoms with E-state index in [0.717, 1.165) is 22.6 Å². The second-order valence-electron chi connectivity index (χ2n) is 6.03. The van der Waals surface area contributed by atoms with Gasteiger partial charge in [0.1, 0.15) is 5.82 Å². The molecule has 0 bridgehead atoms. The predicted octanol–water partition coefficient (Wildman–Crippen LogP) is 4.24. The van der Waals surface area contributed by atoms with Gasteiger partial charge in [-0.2, -0.15) is 0 Å². The van der Waals surface area contributed by atoms with E-state index in [0.29, 0.717) is 4.47 Å². The van der Waals surface area contributed by atoms with Crippen molar-refractivity contribution < 1.29 is 4.39 Å². The minimum Gasteiger partial charge on any atom is -0.312 e. The molecular weight excluding hydrogens is 353 g/mol. The lowest BCUT2D eigenvalue weighted by Crippen LogP contribution is -2.23. The van der Waals surface area contributed by atoms with Gasteiger partial charge in [-0.05, 0) is 58.6 Å². The Balaban J connectivity index is 2.28. The molecule has 0 amide bonds. The van der Waals surface area contributed by atoms with Crippen molar-refractivity contribution in [3.05, 3.63) is 44.6 Å². The van der Waals surface area contributed by atoms with E-state index in [4.69, 9.17) is 0 Å². The van der Waals surface area contributed by atoms with Gasteiger partial charge in [0.25, 0.3) is 0 Å².